The van der Waals surface area contributed by atoms with Crippen LogP contribution in [0.5, 0.6) is 0 Å². The maximum Gasteiger partial charge on any atom is 0.203 e. The van der Waals surface area contributed by atoms with Gasteiger partial charge >= 0.3 is 0 Å². The average molecular weight is 400 g/mol. The summed E-state index contributed by atoms with van der Waals surface area (Å²) in [7, 11) is 10.3. The number of rotatable bonds is 9. The van der Waals surface area contributed by atoms with E-state index < -0.39 is 0 Å². The lowest BCUT2D eigenvalue weighted by Gasteiger charge is -2.08. The van der Waals surface area contributed by atoms with E-state index in [1.807, 2.05) is 0 Å². The van der Waals surface area contributed by atoms with E-state index in [2.05, 4.69) is 56.5 Å². The Labute approximate surface area is 151 Å². The Morgan fingerprint density at radius 2 is 0.762 bits per heavy atom. The third kappa shape index (κ3) is 9.76. The Kier molecular flexibility index (Phi) is 10.4. The number of aromatic nitrogens is 3. The first-order valence-corrected chi connectivity index (χ1v) is 13.3. The molecular formula is C12H21N3S6. The molecule has 0 fully saturated rings. The molecular weight excluding hydrogens is 379 g/mol. The Balaban J connectivity index is 2.79. The summed E-state index contributed by atoms with van der Waals surface area (Å²) in [5.74, 6) is 0. The molecule has 0 radical (unpaired) electrons. The summed E-state index contributed by atoms with van der Waals surface area (Å²) in [5.41, 5.74) is 0. The van der Waals surface area contributed by atoms with E-state index in [-0.39, 0.29) is 0 Å². The van der Waals surface area contributed by atoms with Gasteiger partial charge in [-0.15, -0.1) is 0 Å². The molecule has 0 spiro atoms. The van der Waals surface area contributed by atoms with Crippen molar-refractivity contribution in [3.63, 3.8) is 0 Å². The van der Waals surface area contributed by atoms with E-state index in [9.17, 15) is 0 Å². The van der Waals surface area contributed by atoms with Crippen LogP contribution in [0.4, 0.5) is 0 Å². The molecule has 0 amide bonds. The molecule has 0 aliphatic heterocycles. The van der Waals surface area contributed by atoms with Gasteiger partial charge in [-0.05, 0) is 32.4 Å². The van der Waals surface area contributed by atoms with Crippen LogP contribution < -0.4 is 0 Å². The number of hydrogen-bond acceptors (Lipinski definition) is 9. The highest BCUT2D eigenvalue weighted by molar-refractivity contribution is 8.77. The minimum Gasteiger partial charge on any atom is -0.195 e. The Hall–Kier alpha value is 1.11. The van der Waals surface area contributed by atoms with Crippen molar-refractivity contribution >= 4 is 64.8 Å². The van der Waals surface area contributed by atoms with E-state index in [1.165, 1.54) is 0 Å². The van der Waals surface area contributed by atoms with Gasteiger partial charge in [-0.25, -0.2) is 0 Å². The Bertz CT molecular complexity index is 353. The van der Waals surface area contributed by atoms with Crippen molar-refractivity contribution in [1.82, 2.24) is 15.0 Å². The lowest BCUT2D eigenvalue weighted by molar-refractivity contribution is 0.723. The van der Waals surface area contributed by atoms with Crippen LogP contribution in [0.1, 0.15) is 41.5 Å². The SMILES string of the molecule is CC(C)SSc1nc(SSC(C)C)nc(SSC(C)C)n1. The third-order valence-corrected chi connectivity index (χ3v) is 9.63. The summed E-state index contributed by atoms with van der Waals surface area (Å²) >= 11 is 0. The van der Waals surface area contributed by atoms with E-state index in [0.29, 0.717) is 15.7 Å². The van der Waals surface area contributed by atoms with Crippen molar-refractivity contribution in [1.29, 1.82) is 0 Å². The van der Waals surface area contributed by atoms with Gasteiger partial charge in [-0.1, -0.05) is 73.9 Å². The fourth-order valence-corrected chi connectivity index (χ4v) is 5.78. The fourth-order valence-electron chi connectivity index (χ4n) is 0.850. The molecule has 1 aromatic rings. The molecule has 1 aromatic heterocycles. The van der Waals surface area contributed by atoms with Crippen LogP contribution >= 0.6 is 64.8 Å². The van der Waals surface area contributed by atoms with Crippen LogP contribution in [0.25, 0.3) is 0 Å². The average Bonchev–Trinajstić information content (AvgIpc) is 2.40. The number of nitrogens with zero attached hydrogens (tertiary/aromatic N) is 3. The van der Waals surface area contributed by atoms with E-state index >= 15 is 0 Å². The molecule has 21 heavy (non-hydrogen) atoms. The highest BCUT2D eigenvalue weighted by atomic mass is 33.1. The summed E-state index contributed by atoms with van der Waals surface area (Å²) in [6, 6.07) is 0. The smallest absolute Gasteiger partial charge is 0.195 e. The van der Waals surface area contributed by atoms with Gasteiger partial charge in [0.1, 0.15) is 0 Å². The number of hydrogen-bond donors (Lipinski definition) is 0. The highest BCUT2D eigenvalue weighted by Gasteiger charge is 2.11. The first-order chi connectivity index (χ1) is 9.86. The van der Waals surface area contributed by atoms with Crippen LogP contribution in [-0.4, -0.2) is 30.7 Å². The van der Waals surface area contributed by atoms with E-state index in [4.69, 9.17) is 0 Å². The van der Waals surface area contributed by atoms with Crippen LogP contribution in [0.3, 0.4) is 0 Å². The molecule has 120 valence electrons. The molecule has 1 heterocycles. The zero-order chi connectivity index (χ0) is 15.8. The summed E-state index contributed by atoms with van der Waals surface area (Å²) in [6.45, 7) is 13.0. The van der Waals surface area contributed by atoms with Gasteiger partial charge in [-0.3, -0.25) is 0 Å². The lowest BCUT2D eigenvalue weighted by atomic mass is 10.6. The van der Waals surface area contributed by atoms with E-state index in [0.717, 1.165) is 15.5 Å². The first-order valence-electron chi connectivity index (χ1n) is 6.63. The Morgan fingerprint density at radius 3 is 0.952 bits per heavy atom. The second-order valence-corrected chi connectivity index (χ2v) is 13.1. The van der Waals surface area contributed by atoms with Gasteiger partial charge in [0.05, 0.1) is 0 Å². The molecule has 0 aliphatic rings. The maximum atomic E-state index is 4.54. The molecule has 0 aromatic carbocycles. The van der Waals surface area contributed by atoms with Gasteiger partial charge in [0.25, 0.3) is 0 Å². The monoisotopic (exact) mass is 399 g/mol. The summed E-state index contributed by atoms with van der Waals surface area (Å²) in [6.07, 6.45) is 0. The van der Waals surface area contributed by atoms with Crippen molar-refractivity contribution in [3.8, 4) is 0 Å². The van der Waals surface area contributed by atoms with Crippen LogP contribution in [0.15, 0.2) is 15.5 Å². The first kappa shape index (κ1) is 20.2. The Morgan fingerprint density at radius 1 is 0.524 bits per heavy atom. The molecule has 0 saturated heterocycles. The zero-order valence-electron chi connectivity index (χ0n) is 13.0. The normalized spacial score (nSPS) is 11.9. The molecule has 0 aliphatic carbocycles. The van der Waals surface area contributed by atoms with Gasteiger partial charge < -0.3 is 0 Å². The quantitative estimate of drug-likeness (QED) is 0.443. The predicted octanol–water partition coefficient (Wildman–Crippen LogP) is 6.32. The molecule has 1 rings (SSSR count). The summed E-state index contributed by atoms with van der Waals surface area (Å²) < 4.78 is 0. The highest BCUT2D eigenvalue weighted by Crippen LogP contribution is 2.39. The van der Waals surface area contributed by atoms with E-state index in [1.54, 1.807) is 64.8 Å². The molecule has 0 N–H and O–H groups in total. The van der Waals surface area contributed by atoms with Gasteiger partial charge in [-0.2, -0.15) is 15.0 Å². The van der Waals surface area contributed by atoms with Gasteiger partial charge in [0.2, 0.25) is 15.5 Å². The predicted molar refractivity (Wildman–Crippen MR) is 106 cm³/mol. The summed E-state index contributed by atoms with van der Waals surface area (Å²) in [4.78, 5) is 13.6. The second kappa shape index (κ2) is 10.8. The molecule has 3 nitrogen and oxygen atoms in total. The van der Waals surface area contributed by atoms with Crippen molar-refractivity contribution in [2.45, 2.75) is 72.8 Å². The zero-order valence-corrected chi connectivity index (χ0v) is 17.9. The minimum atomic E-state index is 0.550. The molecule has 0 unspecified atom stereocenters. The topological polar surface area (TPSA) is 38.7 Å². The fraction of sp³-hybridized carbons (Fsp3) is 0.750. The molecule has 0 bridgehead atoms. The lowest BCUT2D eigenvalue weighted by Crippen LogP contribution is -1.96. The minimum absolute atomic E-state index is 0.550. The van der Waals surface area contributed by atoms with Crippen molar-refractivity contribution in [3.05, 3.63) is 0 Å². The van der Waals surface area contributed by atoms with Gasteiger partial charge in [0.15, 0.2) is 0 Å². The molecule has 9 heteroatoms. The van der Waals surface area contributed by atoms with Crippen LogP contribution in [0.2, 0.25) is 0 Å². The summed E-state index contributed by atoms with van der Waals surface area (Å²) in [5, 5.41) is 4.07. The maximum absolute atomic E-state index is 4.54. The molecule has 0 saturated carbocycles. The van der Waals surface area contributed by atoms with Crippen molar-refractivity contribution < 1.29 is 0 Å². The standard InChI is InChI=1S/C12H21N3S6/c1-7(2)16-19-10-13-11(20-17-8(3)4)15-12(14-10)21-18-9(5)6/h7-9H,1-6H3. The third-order valence-electron chi connectivity index (χ3n) is 1.52. The van der Waals surface area contributed by atoms with Crippen molar-refractivity contribution in [2.24, 2.45) is 0 Å². The van der Waals surface area contributed by atoms with Gasteiger partial charge in [0, 0.05) is 15.7 Å². The largest absolute Gasteiger partial charge is 0.203 e. The van der Waals surface area contributed by atoms with Crippen LogP contribution in [0, 0.1) is 0 Å². The van der Waals surface area contributed by atoms with Crippen LogP contribution in [-0.2, 0) is 0 Å². The molecule has 0 atom stereocenters. The van der Waals surface area contributed by atoms with Crippen molar-refractivity contribution in [2.75, 3.05) is 0 Å². The second-order valence-electron chi connectivity index (χ2n) is 4.87.